The number of thioether (sulfide) groups is 1. The zero-order chi connectivity index (χ0) is 16.9. The summed E-state index contributed by atoms with van der Waals surface area (Å²) in [5.41, 5.74) is 2.62. The molecule has 2 aromatic heterocycles. The lowest BCUT2D eigenvalue weighted by molar-refractivity contribution is 0.816. The molecule has 0 atom stereocenters. The number of hydrogen-bond donors (Lipinski definition) is 0. The smallest absolute Gasteiger partial charge is 0.235 e. The average Bonchev–Trinajstić information content (AvgIpc) is 3.04. The quantitative estimate of drug-likeness (QED) is 0.536. The molecule has 0 saturated heterocycles. The second kappa shape index (κ2) is 7.37. The highest BCUT2D eigenvalue weighted by Gasteiger charge is 2.16. The van der Waals surface area contributed by atoms with Crippen molar-refractivity contribution in [3.8, 4) is 11.8 Å². The molecule has 0 saturated carbocycles. The normalized spacial score (nSPS) is 10.5. The first-order valence-corrected chi connectivity index (χ1v) is 9.04. The molecule has 3 aromatic rings. The Morgan fingerprint density at radius 2 is 2.00 bits per heavy atom. The molecule has 122 valence electrons. The molecule has 0 fully saturated rings. The number of aromatic nitrogens is 4. The van der Waals surface area contributed by atoms with Gasteiger partial charge >= 0.3 is 0 Å². The van der Waals surface area contributed by atoms with Crippen LogP contribution in [0.15, 0.2) is 41.7 Å². The van der Waals surface area contributed by atoms with Crippen molar-refractivity contribution in [1.82, 2.24) is 19.6 Å². The lowest BCUT2D eigenvalue weighted by Gasteiger charge is -2.19. The topological polar surface area (TPSA) is 46.3 Å². The van der Waals surface area contributed by atoms with Gasteiger partial charge in [0.25, 0.3) is 0 Å². The molecule has 24 heavy (non-hydrogen) atoms. The van der Waals surface area contributed by atoms with Gasteiger partial charge < -0.3 is 4.90 Å². The van der Waals surface area contributed by atoms with Crippen molar-refractivity contribution in [2.24, 2.45) is 0 Å². The van der Waals surface area contributed by atoms with Crippen molar-refractivity contribution in [3.63, 3.8) is 0 Å². The van der Waals surface area contributed by atoms with Crippen LogP contribution in [0.1, 0.15) is 25.3 Å². The lowest BCUT2D eigenvalue weighted by Crippen LogP contribution is -2.17. The van der Waals surface area contributed by atoms with E-state index >= 15 is 0 Å². The van der Waals surface area contributed by atoms with Gasteiger partial charge in [0.05, 0.1) is 11.8 Å². The molecule has 0 spiro atoms. The van der Waals surface area contributed by atoms with E-state index in [1.807, 2.05) is 48.5 Å². The predicted octanol–water partition coefficient (Wildman–Crippen LogP) is 3.77. The summed E-state index contributed by atoms with van der Waals surface area (Å²) in [5, 5.41) is 5.17. The Bertz CT molecular complexity index is 892. The third kappa shape index (κ3) is 3.22. The summed E-state index contributed by atoms with van der Waals surface area (Å²) in [6.07, 6.45) is 5.64. The molecule has 0 aliphatic heterocycles. The number of para-hydroxylation sites is 1. The van der Waals surface area contributed by atoms with E-state index in [1.54, 1.807) is 10.7 Å². The van der Waals surface area contributed by atoms with Crippen LogP contribution >= 0.6 is 11.8 Å². The van der Waals surface area contributed by atoms with Gasteiger partial charge in [-0.25, -0.2) is 4.98 Å². The summed E-state index contributed by atoms with van der Waals surface area (Å²) in [5.74, 6) is 7.06. The first-order chi connectivity index (χ1) is 11.7. The SMILES string of the molecule is CCCC#Cc1cnn2c(N(C)c3ccccc3)nc(SC)nc12. The van der Waals surface area contributed by atoms with Gasteiger partial charge in [-0.2, -0.15) is 14.6 Å². The second-order valence-corrected chi connectivity index (χ2v) is 6.02. The minimum absolute atomic E-state index is 0.708. The molecule has 6 heteroatoms. The van der Waals surface area contributed by atoms with Gasteiger partial charge in [0, 0.05) is 19.2 Å². The van der Waals surface area contributed by atoms with Gasteiger partial charge in [0.2, 0.25) is 5.95 Å². The van der Waals surface area contributed by atoms with Crippen LogP contribution in [0.2, 0.25) is 0 Å². The van der Waals surface area contributed by atoms with Crippen LogP contribution in [0.4, 0.5) is 11.6 Å². The van der Waals surface area contributed by atoms with Crippen molar-refractivity contribution in [3.05, 3.63) is 42.1 Å². The number of hydrogen-bond acceptors (Lipinski definition) is 5. The van der Waals surface area contributed by atoms with Crippen LogP contribution in [0, 0.1) is 11.8 Å². The van der Waals surface area contributed by atoms with Gasteiger partial charge in [-0.1, -0.05) is 48.7 Å². The Kier molecular flexibility index (Phi) is 5.02. The first-order valence-electron chi connectivity index (χ1n) is 7.82. The zero-order valence-electron chi connectivity index (χ0n) is 14.0. The van der Waals surface area contributed by atoms with E-state index in [-0.39, 0.29) is 0 Å². The summed E-state index contributed by atoms with van der Waals surface area (Å²) < 4.78 is 1.75. The molecule has 0 radical (unpaired) electrons. The summed E-state index contributed by atoms with van der Waals surface area (Å²) in [6, 6.07) is 10.1. The van der Waals surface area contributed by atoms with E-state index in [4.69, 9.17) is 0 Å². The maximum Gasteiger partial charge on any atom is 0.235 e. The lowest BCUT2D eigenvalue weighted by atomic mass is 10.3. The van der Waals surface area contributed by atoms with Crippen molar-refractivity contribution in [2.75, 3.05) is 18.2 Å². The largest absolute Gasteiger partial charge is 0.313 e. The Balaban J connectivity index is 2.13. The fraction of sp³-hybridized carbons (Fsp3) is 0.278. The van der Waals surface area contributed by atoms with Gasteiger partial charge in [-0.3, -0.25) is 0 Å². The van der Waals surface area contributed by atoms with Gasteiger partial charge in [0.15, 0.2) is 10.8 Å². The highest BCUT2D eigenvalue weighted by molar-refractivity contribution is 7.98. The summed E-state index contributed by atoms with van der Waals surface area (Å²) in [4.78, 5) is 11.2. The van der Waals surface area contributed by atoms with E-state index in [0.29, 0.717) is 5.16 Å². The Labute approximate surface area is 146 Å². The van der Waals surface area contributed by atoms with Gasteiger partial charge in [0.1, 0.15) is 0 Å². The van der Waals surface area contributed by atoms with Crippen LogP contribution in [0.25, 0.3) is 5.65 Å². The Hall–Kier alpha value is -2.52. The molecule has 0 aliphatic rings. The summed E-state index contributed by atoms with van der Waals surface area (Å²) in [6.45, 7) is 2.12. The molecular formula is C18H19N5S. The van der Waals surface area contributed by atoms with Crippen molar-refractivity contribution < 1.29 is 0 Å². The van der Waals surface area contributed by atoms with E-state index in [2.05, 4.69) is 33.8 Å². The fourth-order valence-corrected chi connectivity index (χ4v) is 2.64. The zero-order valence-corrected chi connectivity index (χ0v) is 14.8. The van der Waals surface area contributed by atoms with Crippen molar-refractivity contribution >= 4 is 29.0 Å². The van der Waals surface area contributed by atoms with E-state index in [0.717, 1.165) is 35.7 Å². The number of unbranched alkanes of at least 4 members (excludes halogenated alkanes) is 1. The fourth-order valence-electron chi connectivity index (χ4n) is 2.29. The maximum absolute atomic E-state index is 4.64. The highest BCUT2D eigenvalue weighted by Crippen LogP contribution is 2.24. The second-order valence-electron chi connectivity index (χ2n) is 5.25. The summed E-state index contributed by atoms with van der Waals surface area (Å²) in [7, 11) is 1.98. The molecule has 1 aromatic carbocycles. The number of fused-ring (bicyclic) bond motifs is 1. The summed E-state index contributed by atoms with van der Waals surface area (Å²) >= 11 is 1.51. The third-order valence-electron chi connectivity index (χ3n) is 3.55. The van der Waals surface area contributed by atoms with Gasteiger partial charge in [-0.15, -0.1) is 0 Å². The molecule has 0 bridgehead atoms. The van der Waals surface area contributed by atoms with E-state index < -0.39 is 0 Å². The minimum atomic E-state index is 0.708. The molecule has 0 unspecified atom stereocenters. The Morgan fingerprint density at radius 3 is 2.71 bits per heavy atom. The number of benzene rings is 1. The molecule has 2 heterocycles. The monoisotopic (exact) mass is 337 g/mol. The number of anilines is 2. The number of nitrogens with zero attached hydrogens (tertiary/aromatic N) is 5. The highest BCUT2D eigenvalue weighted by atomic mass is 32.2. The van der Waals surface area contributed by atoms with Crippen molar-refractivity contribution in [1.29, 1.82) is 0 Å². The van der Waals surface area contributed by atoms with Crippen LogP contribution in [-0.4, -0.2) is 32.9 Å². The standard InChI is InChI=1S/C18H19N5S/c1-4-5-7-10-14-13-19-23-16(14)20-17(24-3)21-18(23)22(2)15-11-8-6-9-12-15/h6,8-9,11-13H,4-5H2,1-3H3. The average molecular weight is 337 g/mol. The van der Waals surface area contributed by atoms with E-state index in [9.17, 15) is 0 Å². The van der Waals surface area contributed by atoms with Crippen LogP contribution in [0.5, 0.6) is 0 Å². The third-order valence-corrected chi connectivity index (χ3v) is 4.10. The number of rotatable bonds is 4. The van der Waals surface area contributed by atoms with Crippen molar-refractivity contribution in [2.45, 2.75) is 24.9 Å². The molecule has 0 aliphatic carbocycles. The maximum atomic E-state index is 4.64. The molecule has 5 nitrogen and oxygen atoms in total. The molecule has 0 N–H and O–H groups in total. The molecular weight excluding hydrogens is 318 g/mol. The predicted molar refractivity (Wildman–Crippen MR) is 98.9 cm³/mol. The van der Waals surface area contributed by atoms with Crippen LogP contribution in [-0.2, 0) is 0 Å². The van der Waals surface area contributed by atoms with E-state index in [1.165, 1.54) is 11.8 Å². The van der Waals surface area contributed by atoms with Crippen LogP contribution in [0.3, 0.4) is 0 Å². The first kappa shape index (κ1) is 16.3. The van der Waals surface area contributed by atoms with Gasteiger partial charge in [-0.05, 0) is 24.8 Å². The van der Waals surface area contributed by atoms with Crippen LogP contribution < -0.4 is 4.90 Å². The minimum Gasteiger partial charge on any atom is -0.313 e. The Morgan fingerprint density at radius 1 is 1.21 bits per heavy atom. The molecule has 0 amide bonds. The molecule has 3 rings (SSSR count).